The number of hydrogen-bond donors (Lipinski definition) is 3. The average molecular weight is 794 g/mol. The lowest BCUT2D eigenvalue weighted by Gasteiger charge is -2.37. The molecule has 0 spiro atoms. The maximum atomic E-state index is 13.3. The summed E-state index contributed by atoms with van der Waals surface area (Å²) in [5.74, 6) is 0.745. The van der Waals surface area contributed by atoms with Gasteiger partial charge in [-0.25, -0.2) is 4.72 Å². The molecule has 7 rings (SSSR count). The van der Waals surface area contributed by atoms with Crippen LogP contribution in [0.3, 0.4) is 0 Å². The summed E-state index contributed by atoms with van der Waals surface area (Å²) < 4.78 is 16.3. The Bertz CT molecular complexity index is 2130. The number of anilines is 4. The molecule has 5 aromatic rings. The minimum Gasteiger partial charge on any atom is -0.588 e. The predicted molar refractivity (Wildman–Crippen MR) is 230 cm³/mol. The van der Waals surface area contributed by atoms with Crippen molar-refractivity contribution >= 4 is 74.4 Å². The number of benzene rings is 5. The van der Waals surface area contributed by atoms with E-state index < -0.39 is 16.3 Å². The molecule has 0 aromatic heterocycles. The van der Waals surface area contributed by atoms with Crippen LogP contribution >= 0.6 is 23.4 Å². The third-order valence-corrected chi connectivity index (χ3v) is 12.6. The van der Waals surface area contributed by atoms with Gasteiger partial charge in [0.2, 0.25) is 0 Å². The molecule has 5 aromatic carbocycles. The number of nitrogens with two attached hydrogens (primary N) is 1. The van der Waals surface area contributed by atoms with Gasteiger partial charge in [0.1, 0.15) is 17.0 Å². The molecule has 0 amide bonds. The van der Waals surface area contributed by atoms with Crippen LogP contribution < -0.4 is 25.6 Å². The van der Waals surface area contributed by atoms with E-state index in [1.807, 2.05) is 66.7 Å². The molecular formula is C42H44ClN7O3S2. The summed E-state index contributed by atoms with van der Waals surface area (Å²) in [7, 11) is 2.10. The van der Waals surface area contributed by atoms with Crippen LogP contribution in [0.2, 0.25) is 5.02 Å². The van der Waals surface area contributed by atoms with Crippen molar-refractivity contribution in [1.29, 1.82) is 0 Å². The molecule has 2 aliphatic heterocycles. The van der Waals surface area contributed by atoms with Crippen molar-refractivity contribution in [1.82, 2.24) is 4.90 Å². The molecule has 0 bridgehead atoms. The molecule has 0 radical (unpaired) electrons. The van der Waals surface area contributed by atoms with E-state index in [1.165, 1.54) is 11.8 Å². The van der Waals surface area contributed by atoms with Crippen molar-refractivity contribution < 1.29 is 9.48 Å². The monoisotopic (exact) mass is 793 g/mol. The Morgan fingerprint density at radius 2 is 1.55 bits per heavy atom. The minimum atomic E-state index is -1.69. The third kappa shape index (κ3) is 8.84. The van der Waals surface area contributed by atoms with Gasteiger partial charge in [-0.05, 0) is 90.8 Å². The van der Waals surface area contributed by atoms with Gasteiger partial charge in [0.15, 0.2) is 4.90 Å². The third-order valence-electron chi connectivity index (χ3n) is 10.2. The van der Waals surface area contributed by atoms with Crippen LogP contribution in [-0.4, -0.2) is 72.0 Å². The summed E-state index contributed by atoms with van der Waals surface area (Å²) in [5, 5.41) is 15.8. The Morgan fingerprint density at radius 3 is 2.24 bits per heavy atom. The molecule has 0 aliphatic carbocycles. The van der Waals surface area contributed by atoms with E-state index >= 15 is 0 Å². The molecule has 0 saturated carbocycles. The van der Waals surface area contributed by atoms with Crippen molar-refractivity contribution in [3.63, 3.8) is 0 Å². The smallest absolute Gasteiger partial charge is 0.297 e. The van der Waals surface area contributed by atoms with Gasteiger partial charge in [0.25, 0.3) is 5.69 Å². The largest absolute Gasteiger partial charge is 0.588 e. The summed E-state index contributed by atoms with van der Waals surface area (Å²) in [6.07, 6.45) is 0. The van der Waals surface area contributed by atoms with Gasteiger partial charge in [0.05, 0.1) is 22.7 Å². The highest BCUT2D eigenvalue weighted by Gasteiger charge is 2.35. The summed E-state index contributed by atoms with van der Waals surface area (Å²) in [6.45, 7) is 6.11. The number of piperazine rings is 1. The van der Waals surface area contributed by atoms with Crippen LogP contribution in [-0.2, 0) is 11.4 Å². The summed E-state index contributed by atoms with van der Waals surface area (Å²) in [4.78, 5) is 19.9. The Kier molecular flexibility index (Phi) is 12.1. The molecule has 1 saturated heterocycles. The maximum Gasteiger partial charge on any atom is 0.297 e. The Hall–Kier alpha value is -4.85. The second kappa shape index (κ2) is 17.3. The molecule has 2 aliphatic rings. The summed E-state index contributed by atoms with van der Waals surface area (Å²) in [5.41, 5.74) is 14.6. The van der Waals surface area contributed by atoms with Gasteiger partial charge in [-0.15, -0.1) is 11.8 Å². The number of thioether (sulfide) groups is 1. The lowest BCUT2D eigenvalue weighted by Crippen LogP contribution is -2.46. The van der Waals surface area contributed by atoms with Gasteiger partial charge in [0, 0.05) is 84.1 Å². The van der Waals surface area contributed by atoms with Crippen LogP contribution in [0.4, 0.5) is 28.4 Å². The van der Waals surface area contributed by atoms with E-state index in [9.17, 15) is 14.7 Å². The molecular weight excluding hydrogens is 750 g/mol. The number of hydrogen-bond acceptors (Lipinski definition) is 10. The normalized spacial score (nSPS) is 17.7. The molecule has 284 valence electrons. The number of nitrogens with one attached hydrogen (secondary N) is 2. The van der Waals surface area contributed by atoms with E-state index in [4.69, 9.17) is 17.3 Å². The van der Waals surface area contributed by atoms with Crippen molar-refractivity contribution in [3.8, 4) is 0 Å². The van der Waals surface area contributed by atoms with Gasteiger partial charge in [-0.2, -0.15) is 0 Å². The fourth-order valence-electron chi connectivity index (χ4n) is 7.13. The fraction of sp³-hybridized carbons (Fsp3) is 0.238. The standard InChI is InChI=1S/C42H44ClN7O3S2/c1-29-41(44)40(42(47(29)2)30-11-13-32(43)14-12-30)31-7-6-8-35(27-31)49-24-22-48(23-25-49)34-17-15-33(16-18-34)46-55(53)37-19-20-38(39(28-37)50(51)52)45-21-26-54-36-9-4-3-5-10-36/h3-20,27-29,41,45-46H,21-26,44H2,1-2H3. The topological polar surface area (TPSA) is 126 Å². The highest BCUT2D eigenvalue weighted by atomic mass is 35.5. The second-order valence-corrected chi connectivity index (χ2v) is 16.4. The molecule has 3 atom stereocenters. The molecule has 3 unspecified atom stereocenters. The van der Waals surface area contributed by atoms with Crippen LogP contribution in [0.25, 0.3) is 11.3 Å². The van der Waals surface area contributed by atoms with Crippen LogP contribution in [0.15, 0.2) is 131 Å². The first-order valence-electron chi connectivity index (χ1n) is 18.2. The van der Waals surface area contributed by atoms with E-state index in [-0.39, 0.29) is 17.8 Å². The SMILES string of the molecule is CC1C(N)C(c2cccc(N3CCN(c4ccc(N[S+]([O-])c5ccc(NCCSc6ccccc6)c([N+](=O)[O-])c5)cc4)CC3)c2)=C(c2ccc(Cl)cc2)N1C. The number of nitro benzene ring substituents is 1. The molecule has 1 fully saturated rings. The number of rotatable bonds is 13. The predicted octanol–water partition coefficient (Wildman–Crippen LogP) is 8.44. The molecule has 13 heteroatoms. The van der Waals surface area contributed by atoms with Crippen LogP contribution in [0.1, 0.15) is 18.1 Å². The van der Waals surface area contributed by atoms with E-state index in [0.29, 0.717) is 27.8 Å². The van der Waals surface area contributed by atoms with Crippen molar-refractivity contribution in [2.24, 2.45) is 5.73 Å². The average Bonchev–Trinajstić information content (AvgIpc) is 3.44. The van der Waals surface area contributed by atoms with Crippen molar-refractivity contribution in [2.75, 3.05) is 65.4 Å². The zero-order valence-corrected chi connectivity index (χ0v) is 33.1. The van der Waals surface area contributed by atoms with Gasteiger partial charge >= 0.3 is 0 Å². The lowest BCUT2D eigenvalue weighted by atomic mass is 9.94. The van der Waals surface area contributed by atoms with Crippen molar-refractivity contribution in [3.05, 3.63) is 148 Å². The van der Waals surface area contributed by atoms with Gasteiger partial charge in [-0.1, -0.05) is 54.1 Å². The van der Waals surface area contributed by atoms with Gasteiger partial charge in [-0.3, -0.25) is 10.1 Å². The Morgan fingerprint density at radius 1 is 0.855 bits per heavy atom. The van der Waals surface area contributed by atoms with Crippen LogP contribution in [0, 0.1) is 10.1 Å². The van der Waals surface area contributed by atoms with Crippen molar-refractivity contribution in [2.45, 2.75) is 28.8 Å². The van der Waals surface area contributed by atoms with Gasteiger partial charge < -0.3 is 30.3 Å². The lowest BCUT2D eigenvalue weighted by molar-refractivity contribution is -0.384. The van der Waals surface area contributed by atoms with E-state index in [0.717, 1.165) is 64.9 Å². The highest BCUT2D eigenvalue weighted by molar-refractivity contribution is 7.99. The zero-order valence-electron chi connectivity index (χ0n) is 30.7. The fourth-order valence-corrected chi connectivity index (χ4v) is 8.92. The first-order valence-corrected chi connectivity index (χ1v) is 20.7. The summed E-state index contributed by atoms with van der Waals surface area (Å²) in [6, 6.07) is 39.2. The molecule has 2 heterocycles. The zero-order chi connectivity index (χ0) is 38.5. The van der Waals surface area contributed by atoms with E-state index in [2.05, 4.69) is 75.1 Å². The first-order chi connectivity index (χ1) is 26.7. The second-order valence-electron chi connectivity index (χ2n) is 13.6. The Balaban J connectivity index is 0.954. The maximum absolute atomic E-state index is 13.3. The highest BCUT2D eigenvalue weighted by Crippen LogP contribution is 2.40. The number of halogens is 1. The summed E-state index contributed by atoms with van der Waals surface area (Å²) >= 11 is 6.20. The quantitative estimate of drug-likeness (QED) is 0.0352. The number of nitrogens with zero attached hydrogens (tertiary/aromatic N) is 4. The Labute approximate surface area is 334 Å². The minimum absolute atomic E-state index is 0.109. The first kappa shape index (κ1) is 38.4. The van der Waals surface area contributed by atoms with E-state index in [1.54, 1.807) is 23.9 Å². The van der Waals surface area contributed by atoms with Crippen LogP contribution in [0.5, 0.6) is 0 Å². The molecule has 55 heavy (non-hydrogen) atoms. The molecule has 10 nitrogen and oxygen atoms in total. The number of likely N-dealkylation sites (N-methyl/N-ethyl adjacent to an activating group) is 1. The number of nitro groups is 1. The molecule has 4 N–H and O–H groups in total.